The van der Waals surface area contributed by atoms with Crippen molar-refractivity contribution in [1.29, 1.82) is 5.26 Å². The van der Waals surface area contributed by atoms with Crippen LogP contribution in [0, 0.1) is 16.7 Å². The molecule has 1 N–H and O–H groups in total. The lowest BCUT2D eigenvalue weighted by atomic mass is 9.95. The highest BCUT2D eigenvalue weighted by molar-refractivity contribution is 4.93. The second kappa shape index (κ2) is 5.16. The summed E-state index contributed by atoms with van der Waals surface area (Å²) in [6.45, 7) is 9.03. The van der Waals surface area contributed by atoms with E-state index in [9.17, 15) is 0 Å². The molecule has 0 aromatic carbocycles. The first kappa shape index (κ1) is 11.4. The predicted molar refractivity (Wildman–Crippen MR) is 51.8 cm³/mol. The Labute approximate surface area is 76.0 Å². The fourth-order valence-electron chi connectivity index (χ4n) is 1.00. The Morgan fingerprint density at radius 3 is 2.50 bits per heavy atom. The molecule has 0 fully saturated rings. The smallest absolute Gasteiger partial charge is 0.0697 e. The highest BCUT2D eigenvalue weighted by Crippen LogP contribution is 2.11. The Morgan fingerprint density at radius 2 is 2.08 bits per heavy atom. The van der Waals surface area contributed by atoms with Crippen LogP contribution in [0.5, 0.6) is 0 Å². The van der Waals surface area contributed by atoms with Crippen molar-refractivity contribution in [1.82, 2.24) is 5.32 Å². The second-order valence-corrected chi connectivity index (χ2v) is 4.07. The number of nitriles is 1. The molecule has 0 radical (unpaired) electrons. The topological polar surface area (TPSA) is 35.8 Å². The van der Waals surface area contributed by atoms with Crippen LogP contribution < -0.4 is 5.32 Å². The molecule has 2 nitrogen and oxygen atoms in total. The molecule has 0 aliphatic rings. The van der Waals surface area contributed by atoms with Crippen molar-refractivity contribution in [2.75, 3.05) is 6.54 Å². The number of nitrogens with one attached hydrogen (secondary N) is 1. The van der Waals surface area contributed by atoms with Crippen LogP contribution in [-0.2, 0) is 0 Å². The molecule has 0 rings (SSSR count). The van der Waals surface area contributed by atoms with E-state index < -0.39 is 0 Å². The van der Waals surface area contributed by atoms with Gasteiger partial charge in [0, 0.05) is 12.6 Å². The van der Waals surface area contributed by atoms with E-state index in [1.807, 2.05) is 13.8 Å². The lowest BCUT2D eigenvalue weighted by molar-refractivity contribution is 0.398. The van der Waals surface area contributed by atoms with Gasteiger partial charge in [-0.25, -0.2) is 0 Å². The van der Waals surface area contributed by atoms with E-state index >= 15 is 0 Å². The highest BCUT2D eigenvalue weighted by Gasteiger charge is 2.16. The Kier molecular flexibility index (Phi) is 4.92. The average Bonchev–Trinajstić information content (AvgIpc) is 2.02. The van der Waals surface area contributed by atoms with E-state index in [0.29, 0.717) is 6.04 Å². The number of nitrogens with zero attached hydrogens (tertiary/aromatic N) is 1. The lowest BCUT2D eigenvalue weighted by Gasteiger charge is -2.19. The maximum absolute atomic E-state index is 8.75. The maximum Gasteiger partial charge on any atom is 0.0697 e. The Bertz CT molecular complexity index is 156. The van der Waals surface area contributed by atoms with Gasteiger partial charge >= 0.3 is 0 Å². The van der Waals surface area contributed by atoms with Gasteiger partial charge in [0.15, 0.2) is 0 Å². The molecule has 0 saturated heterocycles. The summed E-state index contributed by atoms with van der Waals surface area (Å²) in [7, 11) is 0. The first-order chi connectivity index (χ1) is 5.52. The van der Waals surface area contributed by atoms with Gasteiger partial charge in [-0.3, -0.25) is 0 Å². The Balaban J connectivity index is 3.62. The van der Waals surface area contributed by atoms with Gasteiger partial charge in [0.05, 0.1) is 11.5 Å². The van der Waals surface area contributed by atoms with Gasteiger partial charge in [-0.15, -0.1) is 0 Å². The molecule has 1 unspecified atom stereocenters. The molecule has 70 valence electrons. The third kappa shape index (κ3) is 5.15. The molecule has 0 bridgehead atoms. The minimum atomic E-state index is -0.234. The quantitative estimate of drug-likeness (QED) is 0.683. The monoisotopic (exact) mass is 168 g/mol. The van der Waals surface area contributed by atoms with E-state index in [1.165, 1.54) is 12.8 Å². The van der Waals surface area contributed by atoms with Crippen molar-refractivity contribution in [2.24, 2.45) is 5.41 Å². The maximum atomic E-state index is 8.75. The van der Waals surface area contributed by atoms with Crippen molar-refractivity contribution in [3.63, 3.8) is 0 Å². The van der Waals surface area contributed by atoms with Crippen molar-refractivity contribution in [3.05, 3.63) is 0 Å². The van der Waals surface area contributed by atoms with Crippen LogP contribution in [0.4, 0.5) is 0 Å². The van der Waals surface area contributed by atoms with E-state index in [1.54, 1.807) is 0 Å². The molecule has 0 aromatic heterocycles. The minimum absolute atomic E-state index is 0.234. The van der Waals surface area contributed by atoms with E-state index in [-0.39, 0.29) is 5.41 Å². The molecule has 1 atom stereocenters. The summed E-state index contributed by atoms with van der Waals surface area (Å²) in [5.74, 6) is 0. The molecular formula is C10H20N2. The van der Waals surface area contributed by atoms with Crippen molar-refractivity contribution < 1.29 is 0 Å². The molecule has 0 heterocycles. The minimum Gasteiger partial charge on any atom is -0.313 e. The Morgan fingerprint density at radius 1 is 1.50 bits per heavy atom. The zero-order chi connectivity index (χ0) is 9.61. The van der Waals surface area contributed by atoms with Crippen LogP contribution in [0.25, 0.3) is 0 Å². The van der Waals surface area contributed by atoms with Crippen LogP contribution in [-0.4, -0.2) is 12.6 Å². The molecule has 0 spiro atoms. The SMILES string of the molecule is CCCC(C)NCC(C)(C)C#N. The molecular weight excluding hydrogens is 148 g/mol. The highest BCUT2D eigenvalue weighted by atomic mass is 14.9. The van der Waals surface area contributed by atoms with Crippen LogP contribution in [0.3, 0.4) is 0 Å². The van der Waals surface area contributed by atoms with Gasteiger partial charge in [0.25, 0.3) is 0 Å². The van der Waals surface area contributed by atoms with Gasteiger partial charge in [0.1, 0.15) is 0 Å². The first-order valence-electron chi connectivity index (χ1n) is 4.66. The summed E-state index contributed by atoms with van der Waals surface area (Å²) in [4.78, 5) is 0. The standard InChI is InChI=1S/C10H20N2/c1-5-6-9(2)12-8-10(3,4)7-11/h9,12H,5-6,8H2,1-4H3. The summed E-state index contributed by atoms with van der Waals surface area (Å²) in [5.41, 5.74) is -0.234. The van der Waals surface area contributed by atoms with Gasteiger partial charge in [-0.2, -0.15) is 5.26 Å². The Hall–Kier alpha value is -0.550. The van der Waals surface area contributed by atoms with E-state index in [2.05, 4.69) is 25.2 Å². The lowest BCUT2D eigenvalue weighted by Crippen LogP contribution is -2.34. The van der Waals surface area contributed by atoms with Crippen LogP contribution >= 0.6 is 0 Å². The molecule has 0 amide bonds. The summed E-state index contributed by atoms with van der Waals surface area (Å²) < 4.78 is 0. The number of rotatable bonds is 5. The van der Waals surface area contributed by atoms with Crippen LogP contribution in [0.1, 0.15) is 40.5 Å². The molecule has 0 aromatic rings. The molecule has 0 aliphatic heterocycles. The zero-order valence-electron chi connectivity index (χ0n) is 8.65. The second-order valence-electron chi connectivity index (χ2n) is 4.07. The van der Waals surface area contributed by atoms with Gasteiger partial charge in [0.2, 0.25) is 0 Å². The third-order valence-electron chi connectivity index (χ3n) is 1.92. The fraction of sp³-hybridized carbons (Fsp3) is 0.900. The summed E-state index contributed by atoms with van der Waals surface area (Å²) in [6.07, 6.45) is 2.38. The van der Waals surface area contributed by atoms with Crippen LogP contribution in [0.15, 0.2) is 0 Å². The normalized spacial score (nSPS) is 13.9. The molecule has 2 heteroatoms. The number of hydrogen-bond donors (Lipinski definition) is 1. The van der Waals surface area contributed by atoms with E-state index in [4.69, 9.17) is 5.26 Å². The zero-order valence-corrected chi connectivity index (χ0v) is 8.65. The fourth-order valence-corrected chi connectivity index (χ4v) is 1.00. The largest absolute Gasteiger partial charge is 0.313 e. The van der Waals surface area contributed by atoms with Gasteiger partial charge < -0.3 is 5.32 Å². The van der Waals surface area contributed by atoms with E-state index in [0.717, 1.165) is 6.54 Å². The molecule has 0 aliphatic carbocycles. The van der Waals surface area contributed by atoms with Crippen molar-refractivity contribution in [3.8, 4) is 6.07 Å². The average molecular weight is 168 g/mol. The summed E-state index contributed by atoms with van der Waals surface area (Å²) >= 11 is 0. The number of hydrogen-bond acceptors (Lipinski definition) is 2. The summed E-state index contributed by atoms with van der Waals surface area (Å²) in [5, 5.41) is 12.1. The van der Waals surface area contributed by atoms with Gasteiger partial charge in [-0.1, -0.05) is 13.3 Å². The molecule has 12 heavy (non-hydrogen) atoms. The molecule has 0 saturated carbocycles. The third-order valence-corrected chi connectivity index (χ3v) is 1.92. The van der Waals surface area contributed by atoms with Gasteiger partial charge in [-0.05, 0) is 27.2 Å². The summed E-state index contributed by atoms with van der Waals surface area (Å²) in [6, 6.07) is 2.81. The first-order valence-corrected chi connectivity index (χ1v) is 4.66. The van der Waals surface area contributed by atoms with Crippen molar-refractivity contribution in [2.45, 2.75) is 46.6 Å². The predicted octanol–water partition coefficient (Wildman–Crippen LogP) is 2.31. The van der Waals surface area contributed by atoms with Crippen molar-refractivity contribution >= 4 is 0 Å². The van der Waals surface area contributed by atoms with Crippen LogP contribution in [0.2, 0.25) is 0 Å².